The Labute approximate surface area is 97.3 Å². The number of nitrogens with zero attached hydrogens (tertiary/aromatic N) is 1. The molecule has 1 N–H and O–H groups in total. The van der Waals surface area contributed by atoms with Crippen molar-refractivity contribution >= 4 is 11.9 Å². The Hall–Kier alpha value is -1.21. The number of hydrogen-bond acceptors (Lipinski definition) is 4. The lowest BCUT2D eigenvalue weighted by atomic mass is 10.1. The van der Waals surface area contributed by atoms with Gasteiger partial charge in [-0.05, 0) is 0 Å². The van der Waals surface area contributed by atoms with Gasteiger partial charge in [0.2, 0.25) is 5.67 Å². The van der Waals surface area contributed by atoms with E-state index in [1.165, 1.54) is 4.90 Å². The number of halogens is 1. The van der Waals surface area contributed by atoms with Crippen LogP contribution in [-0.4, -0.2) is 66.6 Å². The fourth-order valence-electron chi connectivity index (χ4n) is 1.97. The molecule has 2 aliphatic rings. The molecule has 17 heavy (non-hydrogen) atoms. The van der Waals surface area contributed by atoms with Crippen molar-refractivity contribution in [3.05, 3.63) is 0 Å². The number of carboxylic acid groups (broad SMARTS) is 1. The maximum atomic E-state index is 13.7. The Bertz CT molecular complexity index is 331. The Morgan fingerprint density at radius 1 is 1.41 bits per heavy atom. The van der Waals surface area contributed by atoms with E-state index in [1.807, 2.05) is 0 Å². The van der Waals surface area contributed by atoms with Crippen LogP contribution in [0.3, 0.4) is 0 Å². The van der Waals surface area contributed by atoms with E-state index in [2.05, 4.69) is 0 Å². The topological polar surface area (TPSA) is 76.1 Å². The van der Waals surface area contributed by atoms with E-state index >= 15 is 0 Å². The number of likely N-dealkylation sites (tertiary alicyclic amines) is 1. The van der Waals surface area contributed by atoms with Crippen molar-refractivity contribution in [3.63, 3.8) is 0 Å². The van der Waals surface area contributed by atoms with Crippen LogP contribution >= 0.6 is 0 Å². The minimum Gasteiger partial charge on any atom is -0.479 e. The van der Waals surface area contributed by atoms with Crippen LogP contribution in [0.5, 0.6) is 0 Å². The van der Waals surface area contributed by atoms with Gasteiger partial charge >= 0.3 is 5.97 Å². The normalized spacial score (nSPS) is 33.7. The van der Waals surface area contributed by atoms with Crippen LogP contribution in [0.15, 0.2) is 0 Å². The van der Waals surface area contributed by atoms with Gasteiger partial charge in [-0.2, -0.15) is 0 Å². The monoisotopic (exact) mass is 247 g/mol. The first-order valence-electron chi connectivity index (χ1n) is 5.43. The van der Waals surface area contributed by atoms with E-state index in [4.69, 9.17) is 14.6 Å². The number of alkyl halides is 1. The maximum Gasteiger partial charge on any atom is 0.343 e. The average Bonchev–Trinajstić information content (AvgIpc) is 2.74. The molecule has 6 nitrogen and oxygen atoms in total. The quantitative estimate of drug-likeness (QED) is 0.707. The van der Waals surface area contributed by atoms with Crippen LogP contribution in [0, 0.1) is 0 Å². The summed E-state index contributed by atoms with van der Waals surface area (Å²) in [7, 11) is 0. The highest BCUT2D eigenvalue weighted by Crippen LogP contribution is 2.26. The molecule has 0 saturated carbocycles. The van der Waals surface area contributed by atoms with Crippen molar-refractivity contribution in [2.75, 3.05) is 32.9 Å². The van der Waals surface area contributed by atoms with Gasteiger partial charge in [0, 0.05) is 13.0 Å². The Morgan fingerprint density at radius 2 is 2.18 bits per heavy atom. The summed E-state index contributed by atoms with van der Waals surface area (Å²) in [5.74, 6) is -1.92. The van der Waals surface area contributed by atoms with E-state index in [-0.39, 0.29) is 19.6 Å². The van der Waals surface area contributed by atoms with Crippen molar-refractivity contribution < 1.29 is 28.6 Å². The second-order valence-corrected chi connectivity index (χ2v) is 4.21. The summed E-state index contributed by atoms with van der Waals surface area (Å²) in [4.78, 5) is 23.8. The molecule has 0 radical (unpaired) electrons. The molecule has 0 aliphatic carbocycles. The lowest BCUT2D eigenvalue weighted by Crippen LogP contribution is -2.46. The van der Waals surface area contributed by atoms with E-state index < -0.39 is 30.2 Å². The van der Waals surface area contributed by atoms with E-state index in [0.29, 0.717) is 13.2 Å². The molecule has 0 aromatic rings. The molecule has 0 aromatic heterocycles. The first kappa shape index (κ1) is 12.3. The molecule has 96 valence electrons. The van der Waals surface area contributed by atoms with Crippen LogP contribution in [0.2, 0.25) is 0 Å². The number of carbonyl (C=O) groups excluding carboxylic acids is 1. The lowest BCUT2D eigenvalue weighted by molar-refractivity contribution is -0.158. The van der Waals surface area contributed by atoms with E-state index in [9.17, 15) is 14.0 Å². The molecule has 2 aliphatic heterocycles. The number of carbonyl (C=O) groups is 2. The number of hydrogen-bond donors (Lipinski definition) is 1. The molecule has 2 heterocycles. The van der Waals surface area contributed by atoms with Crippen LogP contribution < -0.4 is 0 Å². The fourth-order valence-corrected chi connectivity index (χ4v) is 1.97. The molecule has 7 heteroatoms. The summed E-state index contributed by atoms with van der Waals surface area (Å²) >= 11 is 0. The summed E-state index contributed by atoms with van der Waals surface area (Å²) in [6.45, 7) is 0.583. The Balaban J connectivity index is 1.95. The van der Waals surface area contributed by atoms with Crippen molar-refractivity contribution in [1.29, 1.82) is 0 Å². The van der Waals surface area contributed by atoms with Crippen LogP contribution in [-0.2, 0) is 19.1 Å². The zero-order valence-corrected chi connectivity index (χ0v) is 9.23. The van der Waals surface area contributed by atoms with E-state index in [0.717, 1.165) is 0 Å². The van der Waals surface area contributed by atoms with Gasteiger partial charge in [-0.1, -0.05) is 0 Å². The number of rotatable bonds is 2. The summed E-state index contributed by atoms with van der Waals surface area (Å²) < 4.78 is 24.0. The summed E-state index contributed by atoms with van der Waals surface area (Å²) in [5.41, 5.74) is -2.33. The molecule has 1 amide bonds. The third-order valence-corrected chi connectivity index (χ3v) is 3.01. The predicted octanol–water partition coefficient (Wildman–Crippen LogP) is -0.573. The fraction of sp³-hybridized carbons (Fsp3) is 0.800. The predicted molar refractivity (Wildman–Crippen MR) is 53.2 cm³/mol. The number of ether oxygens (including phenoxy) is 2. The highest BCUT2D eigenvalue weighted by molar-refractivity contribution is 5.84. The molecular weight excluding hydrogens is 233 g/mol. The summed E-state index contributed by atoms with van der Waals surface area (Å²) in [6, 6.07) is 0. The van der Waals surface area contributed by atoms with Gasteiger partial charge in [0.25, 0.3) is 5.91 Å². The minimum absolute atomic E-state index is 0.0987. The number of amides is 1. The zero-order chi connectivity index (χ0) is 12.5. The van der Waals surface area contributed by atoms with Crippen LogP contribution in [0.4, 0.5) is 4.39 Å². The molecule has 0 aromatic carbocycles. The lowest BCUT2D eigenvalue weighted by Gasteiger charge is -2.26. The molecule has 2 fully saturated rings. The van der Waals surface area contributed by atoms with Gasteiger partial charge in [-0.25, -0.2) is 9.18 Å². The van der Waals surface area contributed by atoms with Gasteiger partial charge in [0.1, 0.15) is 0 Å². The van der Waals surface area contributed by atoms with Crippen molar-refractivity contribution in [1.82, 2.24) is 4.90 Å². The van der Waals surface area contributed by atoms with Gasteiger partial charge in [0.05, 0.1) is 26.4 Å². The van der Waals surface area contributed by atoms with Crippen LogP contribution in [0.1, 0.15) is 6.42 Å². The molecule has 0 spiro atoms. The summed E-state index contributed by atoms with van der Waals surface area (Å²) in [5, 5.41) is 8.71. The van der Waals surface area contributed by atoms with Crippen molar-refractivity contribution in [2.24, 2.45) is 0 Å². The summed E-state index contributed by atoms with van der Waals surface area (Å²) in [6.07, 6.45) is -0.915. The highest BCUT2D eigenvalue weighted by Gasteiger charge is 2.48. The Morgan fingerprint density at radius 3 is 2.71 bits per heavy atom. The van der Waals surface area contributed by atoms with Crippen molar-refractivity contribution in [3.8, 4) is 0 Å². The first-order valence-corrected chi connectivity index (χ1v) is 5.43. The van der Waals surface area contributed by atoms with E-state index in [1.54, 1.807) is 0 Å². The van der Waals surface area contributed by atoms with Gasteiger partial charge < -0.3 is 19.5 Å². The number of aliphatic carboxylic acids is 1. The molecule has 2 saturated heterocycles. The first-order chi connectivity index (χ1) is 8.03. The van der Waals surface area contributed by atoms with Crippen molar-refractivity contribution in [2.45, 2.75) is 18.2 Å². The molecule has 0 bridgehead atoms. The van der Waals surface area contributed by atoms with Gasteiger partial charge in [-0.3, -0.25) is 4.79 Å². The highest BCUT2D eigenvalue weighted by atomic mass is 19.1. The third kappa shape index (κ3) is 2.39. The third-order valence-electron chi connectivity index (χ3n) is 3.01. The van der Waals surface area contributed by atoms with Gasteiger partial charge in [-0.15, -0.1) is 0 Å². The largest absolute Gasteiger partial charge is 0.479 e. The smallest absolute Gasteiger partial charge is 0.343 e. The zero-order valence-electron chi connectivity index (χ0n) is 9.23. The second kappa shape index (κ2) is 4.58. The standard InChI is InChI=1S/C10H14FNO5/c11-10(9(14)15)1-2-12(6-10)8(13)7-5-16-3-4-17-7/h7H,1-6H2,(H,14,15). The average molecular weight is 247 g/mol. The second-order valence-electron chi connectivity index (χ2n) is 4.21. The molecule has 2 unspecified atom stereocenters. The maximum absolute atomic E-state index is 13.7. The minimum atomic E-state index is -2.33. The van der Waals surface area contributed by atoms with Gasteiger partial charge in [0.15, 0.2) is 6.10 Å². The van der Waals surface area contributed by atoms with Crippen LogP contribution in [0.25, 0.3) is 0 Å². The SMILES string of the molecule is O=C(C1COCCO1)N1CCC(F)(C(=O)O)C1. The molecule has 2 rings (SSSR count). The number of carboxylic acids is 1. The molecule has 2 atom stereocenters. The Kier molecular flexibility index (Phi) is 3.30. The molecular formula is C10H14FNO5.